The molecule has 0 spiro atoms. The summed E-state index contributed by atoms with van der Waals surface area (Å²) in [6, 6.07) is 7.65. The van der Waals surface area contributed by atoms with Gasteiger partial charge in [-0.3, -0.25) is 4.57 Å². The van der Waals surface area contributed by atoms with E-state index in [-0.39, 0.29) is 12.5 Å². The number of anilines is 1. The van der Waals surface area contributed by atoms with Gasteiger partial charge in [0.05, 0.1) is 17.3 Å². The Kier molecular flexibility index (Phi) is 2.64. The molecular weight excluding hydrogens is 246 g/mol. The fourth-order valence-corrected chi connectivity index (χ4v) is 1.86. The number of imidazole rings is 1. The molecule has 0 aliphatic carbocycles. The van der Waals surface area contributed by atoms with Crippen LogP contribution in [0.4, 0.5) is 5.82 Å². The van der Waals surface area contributed by atoms with Crippen LogP contribution in [0.1, 0.15) is 0 Å². The van der Waals surface area contributed by atoms with Gasteiger partial charge in [-0.05, 0) is 22.4 Å². The van der Waals surface area contributed by atoms with Crippen molar-refractivity contribution in [3.8, 4) is 11.5 Å². The third kappa shape index (κ3) is 1.81. The Morgan fingerprint density at radius 1 is 1.37 bits per heavy atom. The third-order valence-corrected chi connectivity index (χ3v) is 2.70. The van der Waals surface area contributed by atoms with Crippen LogP contribution in [-0.4, -0.2) is 19.9 Å². The predicted molar refractivity (Wildman–Crippen MR) is 68.7 cm³/mol. The predicted octanol–water partition coefficient (Wildman–Crippen LogP) is 1.79. The summed E-state index contributed by atoms with van der Waals surface area (Å²) in [6.45, 7) is 3.78. The zero-order valence-electron chi connectivity index (χ0n) is 9.98. The van der Waals surface area contributed by atoms with E-state index in [0.717, 1.165) is 11.0 Å². The average Bonchev–Trinajstić information content (AvgIpc) is 2.99. The van der Waals surface area contributed by atoms with Gasteiger partial charge in [0, 0.05) is 0 Å². The van der Waals surface area contributed by atoms with Crippen LogP contribution in [0.5, 0.6) is 0 Å². The molecule has 3 rings (SSSR count). The molecule has 0 aliphatic heterocycles. The van der Waals surface area contributed by atoms with E-state index < -0.39 is 0 Å². The summed E-state index contributed by atoms with van der Waals surface area (Å²) >= 11 is 0. The second-order valence-corrected chi connectivity index (χ2v) is 3.81. The second kappa shape index (κ2) is 4.45. The molecule has 2 N–H and O–H groups in total. The lowest BCUT2D eigenvalue weighted by Gasteiger charge is -2.06. The highest BCUT2D eigenvalue weighted by atomic mass is 16.6. The summed E-state index contributed by atoms with van der Waals surface area (Å²) in [4.78, 5) is 4.48. The van der Waals surface area contributed by atoms with Gasteiger partial charge in [0.2, 0.25) is 0 Å². The Morgan fingerprint density at radius 3 is 2.95 bits per heavy atom. The summed E-state index contributed by atoms with van der Waals surface area (Å²) in [5.74, 6) is 0.733. The highest BCUT2D eigenvalue weighted by Crippen LogP contribution is 2.26. The maximum atomic E-state index is 5.71. The molecule has 0 saturated heterocycles. The molecule has 7 nitrogen and oxygen atoms in total. The Hall–Kier alpha value is -2.83. The van der Waals surface area contributed by atoms with E-state index in [1.165, 1.54) is 6.26 Å². The molecule has 0 amide bonds. The fourth-order valence-electron chi connectivity index (χ4n) is 1.86. The number of hydrogen-bond acceptors (Lipinski definition) is 6. The number of hydrogen-bond donors (Lipinski definition) is 1. The van der Waals surface area contributed by atoms with Crippen molar-refractivity contribution < 1.29 is 9.37 Å². The zero-order chi connectivity index (χ0) is 13.2. The molecule has 0 fully saturated rings. The summed E-state index contributed by atoms with van der Waals surface area (Å²) in [5, 5.41) is 7.34. The molecule has 7 heteroatoms. The first-order valence-electron chi connectivity index (χ1n) is 5.57. The quantitative estimate of drug-likeness (QED) is 0.716. The van der Waals surface area contributed by atoms with E-state index in [9.17, 15) is 0 Å². The van der Waals surface area contributed by atoms with Crippen molar-refractivity contribution >= 4 is 16.9 Å². The lowest BCUT2D eigenvalue weighted by molar-refractivity contribution is 0.181. The largest absolute Gasteiger partial charge is 0.481 e. The number of benzene rings is 1. The molecule has 0 saturated carbocycles. The molecule has 0 unspecified atom stereocenters. The molecule has 0 bridgehead atoms. The molecule has 0 radical (unpaired) electrons. The van der Waals surface area contributed by atoms with Gasteiger partial charge in [-0.15, -0.1) is 0 Å². The Bertz CT molecular complexity index is 731. The monoisotopic (exact) mass is 257 g/mol. The number of fused-ring (bicyclic) bond motifs is 1. The van der Waals surface area contributed by atoms with Crippen LogP contribution in [0, 0.1) is 0 Å². The number of para-hydroxylation sites is 2. The minimum Gasteiger partial charge on any atom is -0.481 e. The molecule has 19 heavy (non-hydrogen) atoms. The summed E-state index contributed by atoms with van der Waals surface area (Å²) < 4.78 is 11.7. The molecular formula is C12H11N5O2. The Morgan fingerprint density at radius 2 is 2.21 bits per heavy atom. The zero-order valence-corrected chi connectivity index (χ0v) is 9.98. The minimum absolute atomic E-state index is 0.190. The van der Waals surface area contributed by atoms with Gasteiger partial charge >= 0.3 is 0 Å². The van der Waals surface area contributed by atoms with Crippen LogP contribution in [0.15, 0.2) is 41.7 Å². The maximum Gasteiger partial charge on any atom is 0.199 e. The van der Waals surface area contributed by atoms with Crippen LogP contribution in [0.3, 0.4) is 0 Å². The fraction of sp³-hybridized carbons (Fsp3) is 0.0833. The van der Waals surface area contributed by atoms with Crippen molar-refractivity contribution in [1.29, 1.82) is 0 Å². The van der Waals surface area contributed by atoms with Crippen molar-refractivity contribution in [2.24, 2.45) is 0 Å². The van der Waals surface area contributed by atoms with Gasteiger partial charge in [0.25, 0.3) is 0 Å². The first kappa shape index (κ1) is 11.3. The SMILES string of the molecule is C=COCn1c(-c2nonc2N)nc2ccccc21. The van der Waals surface area contributed by atoms with Gasteiger partial charge in [-0.25, -0.2) is 9.61 Å². The first-order chi connectivity index (χ1) is 9.31. The normalized spacial score (nSPS) is 10.7. The lowest BCUT2D eigenvalue weighted by atomic mass is 10.3. The van der Waals surface area contributed by atoms with E-state index in [2.05, 4.69) is 26.5 Å². The maximum absolute atomic E-state index is 5.71. The molecule has 2 heterocycles. The van der Waals surface area contributed by atoms with Crippen LogP contribution in [-0.2, 0) is 11.5 Å². The number of ether oxygens (including phenoxy) is 1. The number of nitrogens with two attached hydrogens (primary N) is 1. The van der Waals surface area contributed by atoms with Crippen molar-refractivity contribution in [2.45, 2.75) is 6.73 Å². The van der Waals surface area contributed by atoms with E-state index >= 15 is 0 Å². The number of nitrogen functional groups attached to an aromatic ring is 1. The standard InChI is InChI=1S/C12H11N5O2/c1-2-18-7-17-9-6-4-3-5-8(9)14-12(17)10-11(13)16-19-15-10/h2-6H,1,7H2,(H2,13,16). The van der Waals surface area contributed by atoms with E-state index in [4.69, 9.17) is 10.5 Å². The van der Waals surface area contributed by atoms with Gasteiger partial charge in [0.15, 0.2) is 24.1 Å². The topological polar surface area (TPSA) is 92.0 Å². The molecule has 2 aromatic heterocycles. The van der Waals surface area contributed by atoms with Crippen LogP contribution in [0.25, 0.3) is 22.6 Å². The lowest BCUT2D eigenvalue weighted by Crippen LogP contribution is -2.03. The highest BCUT2D eigenvalue weighted by Gasteiger charge is 2.18. The molecule has 3 aromatic rings. The van der Waals surface area contributed by atoms with E-state index in [1.807, 2.05) is 28.8 Å². The summed E-state index contributed by atoms with van der Waals surface area (Å²) in [6.07, 6.45) is 1.36. The number of aromatic nitrogens is 4. The van der Waals surface area contributed by atoms with Crippen LogP contribution >= 0.6 is 0 Å². The highest BCUT2D eigenvalue weighted by molar-refractivity contribution is 5.81. The van der Waals surface area contributed by atoms with Gasteiger partial charge in [0.1, 0.15) is 0 Å². The van der Waals surface area contributed by atoms with Gasteiger partial charge in [-0.2, -0.15) is 0 Å². The summed E-state index contributed by atoms with van der Waals surface area (Å²) in [7, 11) is 0. The first-order valence-corrected chi connectivity index (χ1v) is 5.57. The molecule has 0 atom stereocenters. The Balaban J connectivity index is 2.22. The minimum atomic E-state index is 0.190. The van der Waals surface area contributed by atoms with Crippen LogP contribution in [0.2, 0.25) is 0 Å². The summed E-state index contributed by atoms with van der Waals surface area (Å²) in [5.41, 5.74) is 7.82. The molecule has 96 valence electrons. The molecule has 0 aliphatic rings. The van der Waals surface area contributed by atoms with E-state index in [0.29, 0.717) is 11.5 Å². The second-order valence-electron chi connectivity index (χ2n) is 3.81. The number of rotatable bonds is 4. The van der Waals surface area contributed by atoms with Crippen molar-refractivity contribution in [3.63, 3.8) is 0 Å². The van der Waals surface area contributed by atoms with Crippen molar-refractivity contribution in [3.05, 3.63) is 37.1 Å². The molecule has 1 aromatic carbocycles. The van der Waals surface area contributed by atoms with Gasteiger partial charge < -0.3 is 10.5 Å². The average molecular weight is 257 g/mol. The third-order valence-electron chi connectivity index (χ3n) is 2.70. The van der Waals surface area contributed by atoms with Gasteiger partial charge in [-0.1, -0.05) is 18.7 Å². The smallest absolute Gasteiger partial charge is 0.199 e. The number of nitrogens with zero attached hydrogens (tertiary/aromatic N) is 4. The van der Waals surface area contributed by atoms with Crippen molar-refractivity contribution in [2.75, 3.05) is 5.73 Å². The van der Waals surface area contributed by atoms with Crippen molar-refractivity contribution in [1.82, 2.24) is 19.9 Å². The van der Waals surface area contributed by atoms with Crippen LogP contribution < -0.4 is 5.73 Å². The Labute approximate surface area is 108 Å². The van der Waals surface area contributed by atoms with E-state index in [1.54, 1.807) is 0 Å².